The highest BCUT2D eigenvalue weighted by Crippen LogP contribution is 2.03. The van der Waals surface area contributed by atoms with E-state index in [1.54, 1.807) is 13.1 Å². The molecule has 0 aliphatic carbocycles. The molecule has 4 heteroatoms. The van der Waals surface area contributed by atoms with Crippen LogP contribution in [0.25, 0.3) is 0 Å². The summed E-state index contributed by atoms with van der Waals surface area (Å²) >= 11 is 0. The molecule has 0 bridgehead atoms. The van der Waals surface area contributed by atoms with Gasteiger partial charge in [0.2, 0.25) is 5.88 Å². The van der Waals surface area contributed by atoms with Crippen LogP contribution in [-0.4, -0.2) is 15.9 Å². The molecular weight excluding hydrogens is 156 g/mol. The normalized spacial score (nSPS) is 9.50. The van der Waals surface area contributed by atoms with Crippen LogP contribution >= 0.6 is 0 Å². The Balaban J connectivity index is 2.64. The van der Waals surface area contributed by atoms with Gasteiger partial charge in [-0.2, -0.15) is 0 Å². The van der Waals surface area contributed by atoms with Crippen molar-refractivity contribution in [2.75, 3.05) is 0 Å². The molecule has 0 amide bonds. The second-order valence-electron chi connectivity index (χ2n) is 2.32. The Labute approximate surface area is 70.6 Å². The molecule has 0 aliphatic rings. The zero-order chi connectivity index (χ0) is 8.97. The summed E-state index contributed by atoms with van der Waals surface area (Å²) in [6.45, 7) is 3.54. The van der Waals surface area contributed by atoms with Gasteiger partial charge in [-0.3, -0.25) is 9.78 Å². The maximum Gasteiger partial charge on any atom is 0.312 e. The maximum atomic E-state index is 10.8. The standard InChI is InChI=1S/C8H10N2O2/c1-3-8(11)12-7-5-9-6(2)4-10-7/h4-5H,3H2,1-2H3. The predicted molar refractivity (Wildman–Crippen MR) is 42.7 cm³/mol. The Bertz CT molecular complexity index is 269. The highest BCUT2D eigenvalue weighted by atomic mass is 16.5. The molecule has 0 fully saturated rings. The lowest BCUT2D eigenvalue weighted by molar-refractivity contribution is -0.134. The van der Waals surface area contributed by atoms with Crippen molar-refractivity contribution >= 4 is 5.97 Å². The molecule has 1 rings (SSSR count). The monoisotopic (exact) mass is 166 g/mol. The van der Waals surface area contributed by atoms with Gasteiger partial charge in [0, 0.05) is 6.42 Å². The maximum absolute atomic E-state index is 10.8. The fourth-order valence-corrected chi connectivity index (χ4v) is 0.622. The van der Waals surface area contributed by atoms with Gasteiger partial charge in [-0.05, 0) is 6.92 Å². The Morgan fingerprint density at radius 1 is 1.50 bits per heavy atom. The largest absolute Gasteiger partial charge is 0.406 e. The van der Waals surface area contributed by atoms with Crippen LogP contribution in [0.4, 0.5) is 0 Å². The molecule has 0 aliphatic heterocycles. The number of aromatic nitrogens is 2. The Morgan fingerprint density at radius 2 is 2.25 bits per heavy atom. The quantitative estimate of drug-likeness (QED) is 0.617. The van der Waals surface area contributed by atoms with Crippen molar-refractivity contribution in [2.24, 2.45) is 0 Å². The van der Waals surface area contributed by atoms with Crippen LogP contribution in [0.5, 0.6) is 5.88 Å². The van der Waals surface area contributed by atoms with Crippen molar-refractivity contribution in [3.8, 4) is 5.88 Å². The highest BCUT2D eigenvalue weighted by molar-refractivity contribution is 5.71. The summed E-state index contributed by atoms with van der Waals surface area (Å²) in [5.41, 5.74) is 0.797. The molecule has 64 valence electrons. The predicted octanol–water partition coefficient (Wildman–Crippen LogP) is 1.10. The minimum atomic E-state index is -0.298. The Hall–Kier alpha value is -1.45. The van der Waals surface area contributed by atoms with Gasteiger partial charge in [-0.15, -0.1) is 0 Å². The van der Waals surface area contributed by atoms with E-state index in [1.807, 2.05) is 6.92 Å². The van der Waals surface area contributed by atoms with Crippen molar-refractivity contribution in [2.45, 2.75) is 20.3 Å². The van der Waals surface area contributed by atoms with Gasteiger partial charge in [0.05, 0.1) is 18.1 Å². The van der Waals surface area contributed by atoms with E-state index in [-0.39, 0.29) is 11.8 Å². The van der Waals surface area contributed by atoms with Crippen LogP contribution in [0.1, 0.15) is 19.0 Å². The fraction of sp³-hybridized carbons (Fsp3) is 0.375. The van der Waals surface area contributed by atoms with E-state index >= 15 is 0 Å². The lowest BCUT2D eigenvalue weighted by Crippen LogP contribution is -2.07. The van der Waals surface area contributed by atoms with Crippen LogP contribution in [0.15, 0.2) is 12.4 Å². The number of nitrogens with zero attached hydrogens (tertiary/aromatic N) is 2. The van der Waals surface area contributed by atoms with Gasteiger partial charge in [0.15, 0.2) is 0 Å². The van der Waals surface area contributed by atoms with Gasteiger partial charge in [0.25, 0.3) is 0 Å². The van der Waals surface area contributed by atoms with Crippen LogP contribution in [0.2, 0.25) is 0 Å². The lowest BCUT2D eigenvalue weighted by atomic mass is 10.5. The molecule has 0 atom stereocenters. The van der Waals surface area contributed by atoms with Gasteiger partial charge in [-0.1, -0.05) is 6.92 Å². The van der Waals surface area contributed by atoms with E-state index in [0.29, 0.717) is 6.42 Å². The molecule has 0 N–H and O–H groups in total. The molecule has 12 heavy (non-hydrogen) atoms. The topological polar surface area (TPSA) is 52.1 Å². The van der Waals surface area contributed by atoms with E-state index in [9.17, 15) is 4.79 Å². The lowest BCUT2D eigenvalue weighted by Gasteiger charge is -1.99. The highest BCUT2D eigenvalue weighted by Gasteiger charge is 2.01. The zero-order valence-electron chi connectivity index (χ0n) is 7.07. The SMILES string of the molecule is CCC(=O)Oc1cnc(C)cn1. The number of aryl methyl sites for hydroxylation is 1. The molecule has 1 aromatic heterocycles. The number of carbonyl (C=O) groups is 1. The molecule has 1 heterocycles. The molecule has 0 aromatic carbocycles. The molecule has 0 unspecified atom stereocenters. The summed E-state index contributed by atoms with van der Waals surface area (Å²) in [7, 11) is 0. The number of hydrogen-bond acceptors (Lipinski definition) is 4. The number of rotatable bonds is 2. The summed E-state index contributed by atoms with van der Waals surface area (Å²) in [5.74, 6) is -0.0411. The summed E-state index contributed by atoms with van der Waals surface area (Å²) in [6, 6.07) is 0. The third kappa shape index (κ3) is 2.30. The van der Waals surface area contributed by atoms with Crippen LogP contribution < -0.4 is 4.74 Å². The van der Waals surface area contributed by atoms with Crippen molar-refractivity contribution in [3.63, 3.8) is 0 Å². The first-order valence-corrected chi connectivity index (χ1v) is 3.71. The van der Waals surface area contributed by atoms with Gasteiger partial charge >= 0.3 is 5.97 Å². The van der Waals surface area contributed by atoms with Crippen molar-refractivity contribution in [1.82, 2.24) is 9.97 Å². The first-order valence-electron chi connectivity index (χ1n) is 3.71. The number of ether oxygens (including phenoxy) is 1. The number of carbonyl (C=O) groups excluding carboxylic acids is 1. The summed E-state index contributed by atoms with van der Waals surface area (Å²) in [5, 5.41) is 0. The van der Waals surface area contributed by atoms with E-state index < -0.39 is 0 Å². The van der Waals surface area contributed by atoms with Gasteiger partial charge < -0.3 is 4.74 Å². The van der Waals surface area contributed by atoms with E-state index in [1.165, 1.54) is 6.20 Å². The minimum absolute atomic E-state index is 0.257. The second-order valence-corrected chi connectivity index (χ2v) is 2.32. The average Bonchev–Trinajstić information content (AvgIpc) is 2.09. The zero-order valence-corrected chi connectivity index (χ0v) is 7.07. The fourth-order valence-electron chi connectivity index (χ4n) is 0.622. The molecule has 1 aromatic rings. The average molecular weight is 166 g/mol. The van der Waals surface area contributed by atoms with Crippen LogP contribution in [0, 0.1) is 6.92 Å². The van der Waals surface area contributed by atoms with Crippen LogP contribution in [0.3, 0.4) is 0 Å². The van der Waals surface area contributed by atoms with Crippen LogP contribution in [-0.2, 0) is 4.79 Å². The smallest absolute Gasteiger partial charge is 0.312 e. The Kier molecular flexibility index (Phi) is 2.74. The molecule has 0 spiro atoms. The van der Waals surface area contributed by atoms with Crippen molar-refractivity contribution in [3.05, 3.63) is 18.1 Å². The first kappa shape index (κ1) is 8.64. The molecule has 4 nitrogen and oxygen atoms in total. The van der Waals surface area contributed by atoms with E-state index in [2.05, 4.69) is 9.97 Å². The Morgan fingerprint density at radius 3 is 2.75 bits per heavy atom. The third-order valence-electron chi connectivity index (χ3n) is 1.26. The van der Waals surface area contributed by atoms with E-state index in [0.717, 1.165) is 5.69 Å². The first-order chi connectivity index (χ1) is 5.72. The number of esters is 1. The number of hydrogen-bond donors (Lipinski definition) is 0. The van der Waals surface area contributed by atoms with Crippen molar-refractivity contribution < 1.29 is 9.53 Å². The van der Waals surface area contributed by atoms with Gasteiger partial charge in [0.1, 0.15) is 0 Å². The molecular formula is C8H10N2O2. The second kappa shape index (κ2) is 3.80. The summed E-state index contributed by atoms with van der Waals surface area (Å²) in [6.07, 6.45) is 3.33. The van der Waals surface area contributed by atoms with E-state index in [4.69, 9.17) is 4.74 Å². The summed E-state index contributed by atoms with van der Waals surface area (Å²) in [4.78, 5) is 18.6. The van der Waals surface area contributed by atoms with Crippen molar-refractivity contribution in [1.29, 1.82) is 0 Å². The molecule has 0 saturated carbocycles. The summed E-state index contributed by atoms with van der Waals surface area (Å²) < 4.78 is 4.81. The molecule has 0 saturated heterocycles. The third-order valence-corrected chi connectivity index (χ3v) is 1.26. The van der Waals surface area contributed by atoms with Gasteiger partial charge in [-0.25, -0.2) is 4.98 Å². The molecule has 0 radical (unpaired) electrons. The minimum Gasteiger partial charge on any atom is -0.406 e.